The van der Waals surface area contributed by atoms with Crippen LogP contribution in [-0.4, -0.2) is 38.4 Å². The van der Waals surface area contributed by atoms with Crippen molar-refractivity contribution in [3.8, 4) is 0 Å². The molecule has 1 aliphatic rings. The molecule has 1 fully saturated rings. The van der Waals surface area contributed by atoms with Crippen LogP contribution in [0, 0.1) is 0 Å². The van der Waals surface area contributed by atoms with Gasteiger partial charge in [-0.1, -0.05) is 0 Å². The van der Waals surface area contributed by atoms with E-state index in [4.69, 9.17) is 0 Å². The number of aliphatic hydroxyl groups is 1. The number of hydrogen-bond donors (Lipinski definition) is 1. The standard InChI is InChI=1S/C12H21N3O/c1-12(2,15-8-4-5-9-15)11(16)10-6-7-13-14(10)3/h6-7,11,16H,4-5,8-9H2,1-3H3. The molecule has 2 rings (SSSR count). The van der Waals surface area contributed by atoms with Crippen LogP contribution in [0.2, 0.25) is 0 Å². The molecule has 1 N–H and O–H groups in total. The lowest BCUT2D eigenvalue weighted by Crippen LogP contribution is -2.47. The van der Waals surface area contributed by atoms with Gasteiger partial charge in [0.25, 0.3) is 0 Å². The van der Waals surface area contributed by atoms with E-state index in [-0.39, 0.29) is 5.54 Å². The number of aliphatic hydroxyl groups excluding tert-OH is 1. The first-order chi connectivity index (χ1) is 7.53. The highest BCUT2D eigenvalue weighted by atomic mass is 16.3. The van der Waals surface area contributed by atoms with Crippen molar-refractivity contribution in [1.82, 2.24) is 14.7 Å². The van der Waals surface area contributed by atoms with E-state index in [0.717, 1.165) is 18.8 Å². The van der Waals surface area contributed by atoms with Gasteiger partial charge in [-0.2, -0.15) is 5.10 Å². The molecule has 1 atom stereocenters. The minimum atomic E-state index is -0.488. The minimum absolute atomic E-state index is 0.218. The predicted octanol–water partition coefficient (Wildman–Crippen LogP) is 1.33. The second-order valence-electron chi connectivity index (χ2n) is 5.13. The molecule has 0 aliphatic carbocycles. The Morgan fingerprint density at radius 1 is 1.38 bits per heavy atom. The molecule has 0 radical (unpaired) electrons. The van der Waals surface area contributed by atoms with Crippen molar-refractivity contribution in [1.29, 1.82) is 0 Å². The molecule has 90 valence electrons. The minimum Gasteiger partial charge on any atom is -0.385 e. The van der Waals surface area contributed by atoms with Gasteiger partial charge < -0.3 is 5.11 Å². The lowest BCUT2D eigenvalue weighted by atomic mass is 9.93. The molecular formula is C12H21N3O. The fraction of sp³-hybridized carbons (Fsp3) is 0.750. The van der Waals surface area contributed by atoms with Crippen molar-refractivity contribution < 1.29 is 5.11 Å². The van der Waals surface area contributed by atoms with Gasteiger partial charge in [-0.15, -0.1) is 0 Å². The third-order valence-electron chi connectivity index (χ3n) is 3.73. The van der Waals surface area contributed by atoms with Crippen LogP contribution in [-0.2, 0) is 7.05 Å². The highest BCUT2D eigenvalue weighted by molar-refractivity contribution is 5.10. The number of aryl methyl sites for hydroxylation is 1. The van der Waals surface area contributed by atoms with Gasteiger partial charge in [0.05, 0.1) is 5.69 Å². The molecule has 0 amide bonds. The summed E-state index contributed by atoms with van der Waals surface area (Å²) in [5, 5.41) is 14.6. The molecule has 1 aromatic heterocycles. The normalized spacial score (nSPS) is 20.2. The fourth-order valence-corrected chi connectivity index (χ4v) is 2.48. The highest BCUT2D eigenvalue weighted by Crippen LogP contribution is 2.32. The van der Waals surface area contributed by atoms with E-state index >= 15 is 0 Å². The maximum Gasteiger partial charge on any atom is 0.113 e. The highest BCUT2D eigenvalue weighted by Gasteiger charge is 2.37. The van der Waals surface area contributed by atoms with Crippen LogP contribution in [0.15, 0.2) is 12.3 Å². The van der Waals surface area contributed by atoms with Gasteiger partial charge in [0.2, 0.25) is 0 Å². The molecule has 4 nitrogen and oxygen atoms in total. The molecule has 0 spiro atoms. The van der Waals surface area contributed by atoms with E-state index in [2.05, 4.69) is 23.8 Å². The zero-order valence-electron chi connectivity index (χ0n) is 10.3. The Labute approximate surface area is 96.9 Å². The molecule has 1 aliphatic heterocycles. The summed E-state index contributed by atoms with van der Waals surface area (Å²) in [7, 11) is 1.87. The summed E-state index contributed by atoms with van der Waals surface area (Å²) < 4.78 is 1.75. The second-order valence-corrected chi connectivity index (χ2v) is 5.13. The Hall–Kier alpha value is -0.870. The Bertz CT molecular complexity index is 353. The van der Waals surface area contributed by atoms with Gasteiger partial charge >= 0.3 is 0 Å². The van der Waals surface area contributed by atoms with Crippen LogP contribution < -0.4 is 0 Å². The number of nitrogens with zero attached hydrogens (tertiary/aromatic N) is 3. The summed E-state index contributed by atoms with van der Waals surface area (Å²) in [6, 6.07) is 1.89. The van der Waals surface area contributed by atoms with Gasteiger partial charge in [0, 0.05) is 18.8 Å². The third-order valence-corrected chi connectivity index (χ3v) is 3.73. The third kappa shape index (κ3) is 1.87. The SMILES string of the molecule is Cn1nccc1C(O)C(C)(C)N1CCCC1. The average Bonchev–Trinajstić information content (AvgIpc) is 2.86. The fourth-order valence-electron chi connectivity index (χ4n) is 2.48. The Balaban J connectivity index is 2.19. The predicted molar refractivity (Wildman–Crippen MR) is 63.1 cm³/mol. The van der Waals surface area contributed by atoms with Crippen molar-refractivity contribution >= 4 is 0 Å². The molecule has 1 aromatic rings. The second kappa shape index (κ2) is 4.18. The van der Waals surface area contributed by atoms with E-state index in [1.54, 1.807) is 10.9 Å². The van der Waals surface area contributed by atoms with Crippen LogP contribution in [0.5, 0.6) is 0 Å². The summed E-state index contributed by atoms with van der Waals surface area (Å²) in [6.07, 6.45) is 3.72. The van der Waals surface area contributed by atoms with Crippen LogP contribution in [0.1, 0.15) is 38.5 Å². The Kier molecular flexibility index (Phi) is 3.04. The largest absolute Gasteiger partial charge is 0.385 e. The van der Waals surface area contributed by atoms with E-state index in [1.807, 2.05) is 13.1 Å². The number of rotatable bonds is 3. The molecule has 4 heteroatoms. The monoisotopic (exact) mass is 223 g/mol. The first kappa shape index (κ1) is 11.6. The van der Waals surface area contributed by atoms with Gasteiger partial charge in [-0.05, 0) is 45.8 Å². The van der Waals surface area contributed by atoms with Crippen LogP contribution >= 0.6 is 0 Å². The van der Waals surface area contributed by atoms with Gasteiger partial charge in [0.1, 0.15) is 6.10 Å². The summed E-state index contributed by atoms with van der Waals surface area (Å²) in [6.45, 7) is 6.38. The molecule has 2 heterocycles. The molecule has 0 aromatic carbocycles. The van der Waals surface area contributed by atoms with Gasteiger partial charge in [0.15, 0.2) is 0 Å². The lowest BCUT2D eigenvalue weighted by Gasteiger charge is -2.39. The van der Waals surface area contributed by atoms with E-state index in [0.29, 0.717) is 0 Å². The quantitative estimate of drug-likeness (QED) is 0.840. The molecular weight excluding hydrogens is 202 g/mol. The van der Waals surface area contributed by atoms with Crippen molar-refractivity contribution in [2.24, 2.45) is 7.05 Å². The topological polar surface area (TPSA) is 41.3 Å². The lowest BCUT2D eigenvalue weighted by molar-refractivity contribution is -0.00329. The van der Waals surface area contributed by atoms with Crippen LogP contribution in [0.25, 0.3) is 0 Å². The maximum atomic E-state index is 10.5. The van der Waals surface area contributed by atoms with E-state index in [9.17, 15) is 5.11 Å². The zero-order valence-corrected chi connectivity index (χ0v) is 10.3. The van der Waals surface area contributed by atoms with Crippen molar-refractivity contribution in [3.63, 3.8) is 0 Å². The Morgan fingerprint density at radius 3 is 2.50 bits per heavy atom. The van der Waals surface area contributed by atoms with E-state index < -0.39 is 6.10 Å². The van der Waals surface area contributed by atoms with Gasteiger partial charge in [-0.25, -0.2) is 0 Å². The van der Waals surface area contributed by atoms with Gasteiger partial charge in [-0.3, -0.25) is 9.58 Å². The molecule has 16 heavy (non-hydrogen) atoms. The summed E-state index contributed by atoms with van der Waals surface area (Å²) >= 11 is 0. The number of hydrogen-bond acceptors (Lipinski definition) is 3. The van der Waals surface area contributed by atoms with Crippen molar-refractivity contribution in [2.75, 3.05) is 13.1 Å². The zero-order chi connectivity index (χ0) is 11.8. The van der Waals surface area contributed by atoms with Crippen LogP contribution in [0.4, 0.5) is 0 Å². The molecule has 1 unspecified atom stereocenters. The first-order valence-electron chi connectivity index (χ1n) is 5.94. The van der Waals surface area contributed by atoms with Crippen LogP contribution in [0.3, 0.4) is 0 Å². The smallest absolute Gasteiger partial charge is 0.113 e. The number of aromatic nitrogens is 2. The Morgan fingerprint density at radius 2 is 2.00 bits per heavy atom. The first-order valence-corrected chi connectivity index (χ1v) is 5.94. The average molecular weight is 223 g/mol. The maximum absolute atomic E-state index is 10.5. The molecule has 1 saturated heterocycles. The van der Waals surface area contributed by atoms with E-state index in [1.165, 1.54) is 12.8 Å². The summed E-state index contributed by atoms with van der Waals surface area (Å²) in [4.78, 5) is 2.37. The van der Waals surface area contributed by atoms with Crippen molar-refractivity contribution in [3.05, 3.63) is 18.0 Å². The van der Waals surface area contributed by atoms with Crippen molar-refractivity contribution in [2.45, 2.75) is 38.3 Å². The molecule has 0 saturated carbocycles. The molecule has 0 bridgehead atoms. The number of likely N-dealkylation sites (tertiary alicyclic amines) is 1. The summed E-state index contributed by atoms with van der Waals surface area (Å²) in [5.41, 5.74) is 0.668. The summed E-state index contributed by atoms with van der Waals surface area (Å²) in [5.74, 6) is 0.